The number of hydrogen-bond acceptors (Lipinski definition) is 2. The van der Waals surface area contributed by atoms with Crippen LogP contribution >= 0.6 is 0 Å². The van der Waals surface area contributed by atoms with Crippen LogP contribution in [0.2, 0.25) is 0 Å². The minimum absolute atomic E-state index is 0.428. The van der Waals surface area contributed by atoms with E-state index < -0.39 is 10.0 Å². The smallest absolute Gasteiger partial charge is 0.225 e. The van der Waals surface area contributed by atoms with Crippen molar-refractivity contribution in [3.63, 3.8) is 0 Å². The fraction of sp³-hybridized carbons (Fsp3) is 0.750. The standard InChI is InChI=1S/C8H15NO2S/c9-12(10,11)7-6-8-4-2-1-3-5-8/h6-8H,1-5H2,(H2,9,10,11)/b7-6+. The number of rotatable bonds is 2. The largest absolute Gasteiger partial charge is 0.230 e. The Morgan fingerprint density at radius 2 is 1.75 bits per heavy atom. The molecule has 3 nitrogen and oxygen atoms in total. The Morgan fingerprint density at radius 3 is 2.25 bits per heavy atom. The van der Waals surface area contributed by atoms with Crippen LogP contribution in [0.5, 0.6) is 0 Å². The van der Waals surface area contributed by atoms with Gasteiger partial charge >= 0.3 is 0 Å². The van der Waals surface area contributed by atoms with Crippen molar-refractivity contribution in [2.45, 2.75) is 32.1 Å². The van der Waals surface area contributed by atoms with Crippen LogP contribution in [-0.4, -0.2) is 8.42 Å². The van der Waals surface area contributed by atoms with Crippen LogP contribution < -0.4 is 5.14 Å². The molecule has 1 saturated carbocycles. The SMILES string of the molecule is NS(=O)(=O)/C=C/C1CCCCC1. The van der Waals surface area contributed by atoms with E-state index in [0.29, 0.717) is 5.92 Å². The average molecular weight is 189 g/mol. The molecule has 1 aliphatic carbocycles. The van der Waals surface area contributed by atoms with E-state index in [9.17, 15) is 8.42 Å². The van der Waals surface area contributed by atoms with Gasteiger partial charge in [-0.2, -0.15) is 0 Å². The quantitative estimate of drug-likeness (QED) is 0.713. The summed E-state index contributed by atoms with van der Waals surface area (Å²) < 4.78 is 21.1. The minimum Gasteiger partial charge on any atom is -0.225 e. The van der Waals surface area contributed by atoms with Crippen molar-refractivity contribution >= 4 is 10.0 Å². The molecular weight excluding hydrogens is 174 g/mol. The molecular formula is C8H15NO2S. The number of sulfonamides is 1. The Labute approximate surface area is 73.7 Å². The third-order valence-corrected chi connectivity index (χ3v) is 2.73. The van der Waals surface area contributed by atoms with Gasteiger partial charge in [0.1, 0.15) is 0 Å². The van der Waals surface area contributed by atoms with Gasteiger partial charge in [0.05, 0.1) is 0 Å². The van der Waals surface area contributed by atoms with Gasteiger partial charge in [-0.1, -0.05) is 25.3 Å². The Balaban J connectivity index is 2.44. The lowest BCUT2D eigenvalue weighted by molar-refractivity contribution is 0.419. The predicted molar refractivity (Wildman–Crippen MR) is 48.8 cm³/mol. The summed E-state index contributed by atoms with van der Waals surface area (Å²) in [6, 6.07) is 0. The van der Waals surface area contributed by atoms with Crippen LogP contribution in [0.4, 0.5) is 0 Å². The molecule has 0 aromatic heterocycles. The van der Waals surface area contributed by atoms with Gasteiger partial charge in [-0.25, -0.2) is 13.6 Å². The zero-order valence-corrected chi connectivity index (χ0v) is 7.89. The van der Waals surface area contributed by atoms with E-state index in [0.717, 1.165) is 18.2 Å². The Kier molecular flexibility index (Phi) is 3.29. The van der Waals surface area contributed by atoms with Crippen molar-refractivity contribution in [1.82, 2.24) is 0 Å². The number of nitrogens with two attached hydrogens (primary N) is 1. The van der Waals surface area contributed by atoms with Gasteiger partial charge in [0, 0.05) is 5.41 Å². The third-order valence-electron chi connectivity index (χ3n) is 2.19. The van der Waals surface area contributed by atoms with E-state index in [1.165, 1.54) is 19.3 Å². The second-order valence-corrected chi connectivity index (χ2v) is 4.77. The zero-order valence-electron chi connectivity index (χ0n) is 7.07. The lowest BCUT2D eigenvalue weighted by Crippen LogP contribution is -2.09. The first-order chi connectivity index (χ1) is 5.58. The molecule has 1 aliphatic rings. The van der Waals surface area contributed by atoms with Crippen molar-refractivity contribution in [3.8, 4) is 0 Å². The average Bonchev–Trinajstić information content (AvgIpc) is 2.02. The fourth-order valence-electron chi connectivity index (χ4n) is 1.55. The first-order valence-electron chi connectivity index (χ1n) is 4.29. The van der Waals surface area contributed by atoms with E-state index in [-0.39, 0.29) is 0 Å². The summed E-state index contributed by atoms with van der Waals surface area (Å²) in [5.74, 6) is 0.428. The monoisotopic (exact) mass is 189 g/mol. The normalized spacial score (nSPS) is 21.8. The molecule has 2 N–H and O–H groups in total. The maximum atomic E-state index is 10.6. The summed E-state index contributed by atoms with van der Waals surface area (Å²) in [5.41, 5.74) is 0. The van der Waals surface area contributed by atoms with Crippen LogP contribution in [0.1, 0.15) is 32.1 Å². The Hall–Kier alpha value is -0.350. The highest BCUT2D eigenvalue weighted by atomic mass is 32.2. The van der Waals surface area contributed by atoms with Crippen molar-refractivity contribution in [2.24, 2.45) is 11.1 Å². The molecule has 0 radical (unpaired) electrons. The summed E-state index contributed by atoms with van der Waals surface area (Å²) in [6.07, 6.45) is 7.63. The molecule has 0 bridgehead atoms. The van der Waals surface area contributed by atoms with E-state index in [1.807, 2.05) is 0 Å². The van der Waals surface area contributed by atoms with Gasteiger partial charge in [0.2, 0.25) is 10.0 Å². The molecule has 0 aromatic rings. The molecule has 12 heavy (non-hydrogen) atoms. The highest BCUT2D eigenvalue weighted by Gasteiger charge is 2.10. The second kappa shape index (κ2) is 4.05. The second-order valence-electron chi connectivity index (χ2n) is 3.32. The molecule has 1 fully saturated rings. The molecule has 1 rings (SSSR count). The Bertz CT molecular complexity index is 250. The molecule has 70 valence electrons. The summed E-state index contributed by atoms with van der Waals surface area (Å²) in [7, 11) is -3.40. The molecule has 0 heterocycles. The summed E-state index contributed by atoms with van der Waals surface area (Å²) in [6.45, 7) is 0. The molecule has 0 aromatic carbocycles. The first-order valence-corrected chi connectivity index (χ1v) is 5.90. The van der Waals surface area contributed by atoms with Crippen molar-refractivity contribution in [1.29, 1.82) is 0 Å². The van der Waals surface area contributed by atoms with Gasteiger partial charge in [-0.05, 0) is 18.8 Å². The molecule has 0 spiro atoms. The minimum atomic E-state index is -3.40. The lowest BCUT2D eigenvalue weighted by Gasteiger charge is -2.17. The topological polar surface area (TPSA) is 60.2 Å². The molecule has 0 aliphatic heterocycles. The van der Waals surface area contributed by atoms with Gasteiger partial charge < -0.3 is 0 Å². The van der Waals surface area contributed by atoms with Crippen molar-refractivity contribution in [2.75, 3.05) is 0 Å². The third kappa shape index (κ3) is 3.88. The zero-order chi connectivity index (χ0) is 9.03. The first kappa shape index (κ1) is 9.74. The maximum absolute atomic E-state index is 10.6. The van der Waals surface area contributed by atoms with E-state index in [4.69, 9.17) is 5.14 Å². The molecule has 0 atom stereocenters. The summed E-state index contributed by atoms with van der Waals surface area (Å²) in [4.78, 5) is 0. The Morgan fingerprint density at radius 1 is 1.17 bits per heavy atom. The van der Waals surface area contributed by atoms with Crippen LogP contribution in [0, 0.1) is 5.92 Å². The van der Waals surface area contributed by atoms with Crippen molar-refractivity contribution < 1.29 is 8.42 Å². The fourth-order valence-corrected chi connectivity index (χ4v) is 1.99. The highest BCUT2D eigenvalue weighted by molar-refractivity contribution is 7.92. The van der Waals surface area contributed by atoms with Crippen LogP contribution in [0.15, 0.2) is 11.5 Å². The van der Waals surface area contributed by atoms with E-state index in [2.05, 4.69) is 0 Å². The summed E-state index contributed by atoms with van der Waals surface area (Å²) in [5, 5.41) is 5.97. The summed E-state index contributed by atoms with van der Waals surface area (Å²) >= 11 is 0. The maximum Gasteiger partial charge on any atom is 0.230 e. The van der Waals surface area contributed by atoms with Gasteiger partial charge in [-0.15, -0.1) is 0 Å². The molecule has 0 saturated heterocycles. The molecule has 0 amide bonds. The van der Waals surface area contributed by atoms with Crippen LogP contribution in [0.3, 0.4) is 0 Å². The van der Waals surface area contributed by atoms with E-state index >= 15 is 0 Å². The lowest BCUT2D eigenvalue weighted by atomic mass is 9.90. The number of primary sulfonamides is 1. The highest BCUT2D eigenvalue weighted by Crippen LogP contribution is 2.24. The van der Waals surface area contributed by atoms with Crippen LogP contribution in [0.25, 0.3) is 0 Å². The van der Waals surface area contributed by atoms with Crippen LogP contribution in [-0.2, 0) is 10.0 Å². The number of allylic oxidation sites excluding steroid dienone is 1. The molecule has 4 heteroatoms. The molecule has 0 unspecified atom stereocenters. The number of hydrogen-bond donors (Lipinski definition) is 1. The van der Waals surface area contributed by atoms with Gasteiger partial charge in [-0.3, -0.25) is 0 Å². The van der Waals surface area contributed by atoms with Gasteiger partial charge in [0.25, 0.3) is 0 Å². The van der Waals surface area contributed by atoms with E-state index in [1.54, 1.807) is 6.08 Å². The van der Waals surface area contributed by atoms with Crippen molar-refractivity contribution in [3.05, 3.63) is 11.5 Å². The predicted octanol–water partition coefficient (Wildman–Crippen LogP) is 1.37. The van der Waals surface area contributed by atoms with Gasteiger partial charge in [0.15, 0.2) is 0 Å².